The third-order valence-corrected chi connectivity index (χ3v) is 3.53. The molecule has 5 N–H and O–H groups in total. The molecule has 2 rings (SSSR count). The number of nitrogens with one attached hydrogen (secondary N) is 1. The maximum atomic E-state index is 13.5. The highest BCUT2D eigenvalue weighted by atomic mass is 19.1. The maximum Gasteiger partial charge on any atom is 0.237 e. The summed E-state index contributed by atoms with van der Waals surface area (Å²) in [6.07, 6.45) is 0.371. The van der Waals surface area contributed by atoms with Crippen LogP contribution in [0.25, 0.3) is 0 Å². The van der Waals surface area contributed by atoms with E-state index in [0.29, 0.717) is 18.5 Å². The van der Waals surface area contributed by atoms with Gasteiger partial charge in [0.05, 0.1) is 5.54 Å². The van der Waals surface area contributed by atoms with E-state index in [1.807, 2.05) is 24.3 Å². The van der Waals surface area contributed by atoms with Gasteiger partial charge in [-0.2, -0.15) is 0 Å². The van der Waals surface area contributed by atoms with Crippen molar-refractivity contribution in [1.29, 1.82) is 0 Å². The SMILES string of the molecule is CC(N)(Cc1ccc(NCc2ccccc2F)cc1)C(N)=O. The molecular formula is C17H20FN3O. The molecule has 0 aliphatic carbocycles. The van der Waals surface area contributed by atoms with E-state index < -0.39 is 11.4 Å². The molecule has 0 aliphatic heterocycles. The highest BCUT2D eigenvalue weighted by Gasteiger charge is 2.25. The Balaban J connectivity index is 1.98. The fraction of sp³-hybridized carbons (Fsp3) is 0.235. The molecule has 116 valence electrons. The van der Waals surface area contributed by atoms with E-state index in [4.69, 9.17) is 11.5 Å². The number of nitrogens with two attached hydrogens (primary N) is 2. The van der Waals surface area contributed by atoms with Crippen LogP contribution in [0.3, 0.4) is 0 Å². The van der Waals surface area contributed by atoms with E-state index >= 15 is 0 Å². The summed E-state index contributed by atoms with van der Waals surface area (Å²) in [5.41, 5.74) is 12.4. The summed E-state index contributed by atoms with van der Waals surface area (Å²) in [5.74, 6) is -0.763. The molecule has 4 nitrogen and oxygen atoms in total. The zero-order chi connectivity index (χ0) is 16.2. The summed E-state index contributed by atoms with van der Waals surface area (Å²) in [5, 5.41) is 3.15. The Labute approximate surface area is 129 Å². The molecule has 1 unspecified atom stereocenters. The standard InChI is InChI=1S/C17H20FN3O/c1-17(20,16(19)22)10-12-6-8-14(9-7-12)21-11-13-4-2-3-5-15(13)18/h2-9,21H,10-11,20H2,1H3,(H2,19,22). The van der Waals surface area contributed by atoms with Crippen molar-refractivity contribution in [3.63, 3.8) is 0 Å². The van der Waals surface area contributed by atoms with E-state index in [-0.39, 0.29) is 5.82 Å². The van der Waals surface area contributed by atoms with E-state index in [0.717, 1.165) is 11.3 Å². The molecule has 0 radical (unpaired) electrons. The van der Waals surface area contributed by atoms with Crippen molar-refractivity contribution in [2.24, 2.45) is 11.5 Å². The molecule has 0 heterocycles. The first-order valence-corrected chi connectivity index (χ1v) is 7.03. The lowest BCUT2D eigenvalue weighted by atomic mass is 9.93. The normalized spacial score (nSPS) is 13.4. The van der Waals surface area contributed by atoms with Gasteiger partial charge in [-0.15, -0.1) is 0 Å². The predicted octanol–water partition coefficient (Wildman–Crippen LogP) is 2.18. The molecule has 0 aromatic heterocycles. The smallest absolute Gasteiger partial charge is 0.237 e. The number of hydrogen-bond acceptors (Lipinski definition) is 3. The second-order valence-electron chi connectivity index (χ2n) is 5.60. The minimum Gasteiger partial charge on any atom is -0.381 e. The van der Waals surface area contributed by atoms with Gasteiger partial charge in [0.1, 0.15) is 5.82 Å². The van der Waals surface area contributed by atoms with Gasteiger partial charge in [0.15, 0.2) is 0 Å². The van der Waals surface area contributed by atoms with Crippen LogP contribution in [0.2, 0.25) is 0 Å². The Hall–Kier alpha value is -2.40. The Bertz CT molecular complexity index is 653. The van der Waals surface area contributed by atoms with Crippen molar-refractivity contribution in [1.82, 2.24) is 0 Å². The zero-order valence-corrected chi connectivity index (χ0v) is 12.5. The lowest BCUT2D eigenvalue weighted by Crippen LogP contribution is -2.51. The summed E-state index contributed by atoms with van der Waals surface area (Å²) in [7, 11) is 0. The van der Waals surface area contributed by atoms with Gasteiger partial charge in [-0.3, -0.25) is 4.79 Å². The van der Waals surface area contributed by atoms with Crippen LogP contribution in [0.15, 0.2) is 48.5 Å². The molecule has 0 saturated heterocycles. The molecule has 0 aliphatic rings. The molecule has 22 heavy (non-hydrogen) atoms. The van der Waals surface area contributed by atoms with E-state index in [1.54, 1.807) is 25.1 Å². The van der Waals surface area contributed by atoms with Gasteiger partial charge in [-0.25, -0.2) is 4.39 Å². The summed E-state index contributed by atoms with van der Waals surface area (Å²) in [4.78, 5) is 11.2. The maximum absolute atomic E-state index is 13.5. The molecule has 1 atom stereocenters. The monoisotopic (exact) mass is 301 g/mol. The largest absolute Gasteiger partial charge is 0.381 e. The third kappa shape index (κ3) is 4.05. The van der Waals surface area contributed by atoms with Gasteiger partial charge in [0, 0.05) is 17.8 Å². The first-order chi connectivity index (χ1) is 10.4. The second-order valence-corrected chi connectivity index (χ2v) is 5.60. The summed E-state index contributed by atoms with van der Waals surface area (Å²) < 4.78 is 13.5. The van der Waals surface area contributed by atoms with Crippen molar-refractivity contribution < 1.29 is 9.18 Å². The second kappa shape index (κ2) is 6.58. The molecule has 0 fully saturated rings. The number of hydrogen-bond donors (Lipinski definition) is 3. The highest BCUT2D eigenvalue weighted by Crippen LogP contribution is 2.16. The Morgan fingerprint density at radius 3 is 2.41 bits per heavy atom. The number of halogens is 1. The fourth-order valence-electron chi connectivity index (χ4n) is 2.09. The van der Waals surface area contributed by atoms with Crippen LogP contribution >= 0.6 is 0 Å². The molecule has 2 aromatic rings. The highest BCUT2D eigenvalue weighted by molar-refractivity contribution is 5.84. The van der Waals surface area contributed by atoms with Crippen LogP contribution in [0.4, 0.5) is 10.1 Å². The lowest BCUT2D eigenvalue weighted by molar-refractivity contribution is -0.122. The average molecular weight is 301 g/mol. The number of carbonyl (C=O) groups is 1. The quantitative estimate of drug-likeness (QED) is 0.765. The number of amides is 1. The first kappa shape index (κ1) is 16.0. The minimum absolute atomic E-state index is 0.230. The van der Waals surface area contributed by atoms with Crippen LogP contribution in [0, 0.1) is 5.82 Å². The molecule has 0 saturated carbocycles. The number of anilines is 1. The molecule has 2 aromatic carbocycles. The van der Waals surface area contributed by atoms with Gasteiger partial charge in [-0.05, 0) is 37.1 Å². The molecule has 1 amide bonds. The molecule has 5 heteroatoms. The van der Waals surface area contributed by atoms with Crippen LogP contribution < -0.4 is 16.8 Å². The number of carbonyl (C=O) groups excluding carboxylic acids is 1. The van der Waals surface area contributed by atoms with Crippen molar-refractivity contribution in [3.05, 3.63) is 65.5 Å². The first-order valence-electron chi connectivity index (χ1n) is 7.03. The van der Waals surface area contributed by atoms with E-state index in [1.165, 1.54) is 6.07 Å². The van der Waals surface area contributed by atoms with Crippen molar-refractivity contribution in [2.75, 3.05) is 5.32 Å². The molecular weight excluding hydrogens is 281 g/mol. The van der Waals surface area contributed by atoms with E-state index in [9.17, 15) is 9.18 Å². The van der Waals surface area contributed by atoms with Crippen LogP contribution in [-0.4, -0.2) is 11.4 Å². The lowest BCUT2D eigenvalue weighted by Gasteiger charge is -2.20. The molecule has 0 bridgehead atoms. The van der Waals surface area contributed by atoms with Crippen molar-refractivity contribution in [2.45, 2.75) is 25.4 Å². The van der Waals surface area contributed by atoms with Gasteiger partial charge < -0.3 is 16.8 Å². The summed E-state index contributed by atoms with van der Waals surface area (Å²) >= 11 is 0. The molecule has 0 spiro atoms. The number of rotatable bonds is 6. The van der Waals surface area contributed by atoms with Crippen molar-refractivity contribution in [3.8, 4) is 0 Å². The third-order valence-electron chi connectivity index (χ3n) is 3.53. The number of primary amides is 1. The van der Waals surface area contributed by atoms with Crippen LogP contribution in [0.5, 0.6) is 0 Å². The van der Waals surface area contributed by atoms with Crippen molar-refractivity contribution >= 4 is 11.6 Å². The average Bonchev–Trinajstić information content (AvgIpc) is 2.47. The van der Waals surface area contributed by atoms with Crippen LogP contribution in [0.1, 0.15) is 18.1 Å². The van der Waals surface area contributed by atoms with Gasteiger partial charge in [-0.1, -0.05) is 30.3 Å². The van der Waals surface area contributed by atoms with Gasteiger partial charge in [0.25, 0.3) is 0 Å². The summed E-state index contributed by atoms with van der Waals surface area (Å²) in [6.45, 7) is 2.02. The predicted molar refractivity (Wildman–Crippen MR) is 85.7 cm³/mol. The number of benzene rings is 2. The Morgan fingerprint density at radius 1 is 1.18 bits per heavy atom. The zero-order valence-electron chi connectivity index (χ0n) is 12.5. The Kier molecular flexibility index (Phi) is 4.78. The minimum atomic E-state index is -1.07. The summed E-state index contributed by atoms with van der Waals surface area (Å²) in [6, 6.07) is 14.1. The van der Waals surface area contributed by atoms with E-state index in [2.05, 4.69) is 5.32 Å². The van der Waals surface area contributed by atoms with Crippen LogP contribution in [-0.2, 0) is 17.8 Å². The van der Waals surface area contributed by atoms with Gasteiger partial charge in [0.2, 0.25) is 5.91 Å². The van der Waals surface area contributed by atoms with Gasteiger partial charge >= 0.3 is 0 Å². The topological polar surface area (TPSA) is 81.1 Å². The Morgan fingerprint density at radius 2 is 1.82 bits per heavy atom. The fourth-order valence-corrected chi connectivity index (χ4v) is 2.09.